The Hall–Kier alpha value is -2.37. The summed E-state index contributed by atoms with van der Waals surface area (Å²) in [5, 5.41) is 9.07. The van der Waals surface area contributed by atoms with Gasteiger partial charge in [0.1, 0.15) is 0 Å². The number of amides is 2. The van der Waals surface area contributed by atoms with Crippen LogP contribution in [0.4, 0.5) is 0 Å². The van der Waals surface area contributed by atoms with E-state index < -0.39 is 11.9 Å². The second-order valence-electron chi connectivity index (χ2n) is 6.56. The van der Waals surface area contributed by atoms with Gasteiger partial charge in [0.15, 0.2) is 0 Å². The molecule has 1 aromatic carbocycles. The van der Waals surface area contributed by atoms with Gasteiger partial charge in [-0.05, 0) is 31.4 Å². The molecule has 1 N–H and O–H groups in total. The van der Waals surface area contributed by atoms with Crippen LogP contribution in [-0.2, 0) is 9.59 Å². The second kappa shape index (κ2) is 7.03. The van der Waals surface area contributed by atoms with Gasteiger partial charge in [0.25, 0.3) is 5.91 Å². The number of carboxylic acids is 1. The first-order chi connectivity index (χ1) is 11.6. The number of carboxylic acid groups (broad SMARTS) is 1. The fourth-order valence-electron chi connectivity index (χ4n) is 3.55. The van der Waals surface area contributed by atoms with Crippen LogP contribution >= 0.6 is 0 Å². The molecule has 2 atom stereocenters. The van der Waals surface area contributed by atoms with E-state index in [1.807, 2.05) is 18.2 Å². The summed E-state index contributed by atoms with van der Waals surface area (Å²) in [7, 11) is 0. The van der Waals surface area contributed by atoms with Crippen LogP contribution in [0.15, 0.2) is 30.3 Å². The number of nitrogens with zero attached hydrogens (tertiary/aromatic N) is 2. The van der Waals surface area contributed by atoms with Gasteiger partial charge in [0, 0.05) is 31.7 Å². The van der Waals surface area contributed by atoms with Crippen LogP contribution < -0.4 is 0 Å². The van der Waals surface area contributed by atoms with E-state index >= 15 is 0 Å². The summed E-state index contributed by atoms with van der Waals surface area (Å²) < 4.78 is 0. The van der Waals surface area contributed by atoms with Crippen LogP contribution in [0.1, 0.15) is 29.6 Å². The molecule has 24 heavy (non-hydrogen) atoms. The first-order valence-corrected chi connectivity index (χ1v) is 8.42. The molecule has 6 heteroatoms. The highest BCUT2D eigenvalue weighted by Gasteiger charge is 2.36. The van der Waals surface area contributed by atoms with E-state index in [4.69, 9.17) is 5.11 Å². The fraction of sp³-hybridized carbons (Fsp3) is 0.500. The molecule has 1 aromatic rings. The number of carbonyl (C=O) groups is 3. The summed E-state index contributed by atoms with van der Waals surface area (Å²) in [6, 6.07) is 9.09. The molecule has 2 fully saturated rings. The van der Waals surface area contributed by atoms with E-state index in [-0.39, 0.29) is 24.3 Å². The summed E-state index contributed by atoms with van der Waals surface area (Å²) >= 11 is 0. The zero-order valence-electron chi connectivity index (χ0n) is 13.6. The van der Waals surface area contributed by atoms with Crippen molar-refractivity contribution in [1.29, 1.82) is 0 Å². The Bertz CT molecular complexity index is 631. The Morgan fingerprint density at radius 3 is 2.29 bits per heavy atom. The molecule has 2 aliphatic rings. The largest absolute Gasteiger partial charge is 0.481 e. The van der Waals surface area contributed by atoms with Crippen molar-refractivity contribution in [3.8, 4) is 0 Å². The highest BCUT2D eigenvalue weighted by atomic mass is 16.4. The van der Waals surface area contributed by atoms with Crippen molar-refractivity contribution in [2.45, 2.75) is 19.3 Å². The van der Waals surface area contributed by atoms with Crippen molar-refractivity contribution in [1.82, 2.24) is 9.80 Å². The predicted octanol–water partition coefficient (Wildman–Crippen LogP) is 1.47. The average molecular weight is 330 g/mol. The van der Waals surface area contributed by atoms with E-state index in [9.17, 15) is 14.4 Å². The molecular weight excluding hydrogens is 308 g/mol. The van der Waals surface area contributed by atoms with Crippen LogP contribution in [0, 0.1) is 11.8 Å². The summed E-state index contributed by atoms with van der Waals surface area (Å²) in [6.45, 7) is 1.87. The molecule has 0 spiro atoms. The lowest BCUT2D eigenvalue weighted by Gasteiger charge is -2.34. The van der Waals surface area contributed by atoms with Crippen molar-refractivity contribution in [3.05, 3.63) is 35.9 Å². The lowest BCUT2D eigenvalue weighted by Crippen LogP contribution is -2.46. The normalized spacial score (nSPS) is 24.0. The van der Waals surface area contributed by atoms with E-state index in [1.54, 1.807) is 21.9 Å². The second-order valence-corrected chi connectivity index (χ2v) is 6.56. The van der Waals surface area contributed by atoms with Crippen LogP contribution in [0.2, 0.25) is 0 Å². The number of hydrogen-bond donors (Lipinski definition) is 1. The standard InChI is InChI=1S/C18H22N2O4/c21-16(13-5-2-1-3-6-13)19-9-4-7-14(11-19)17(22)20-10-8-15(12-20)18(23)24/h1-3,5-6,14-15H,4,7-12H2,(H,23,24). The van der Waals surface area contributed by atoms with Crippen LogP contribution in [0.5, 0.6) is 0 Å². The van der Waals surface area contributed by atoms with Crippen molar-refractivity contribution in [3.63, 3.8) is 0 Å². The van der Waals surface area contributed by atoms with E-state index in [2.05, 4.69) is 0 Å². The van der Waals surface area contributed by atoms with E-state index in [0.717, 1.165) is 12.8 Å². The van der Waals surface area contributed by atoms with Crippen LogP contribution in [0.25, 0.3) is 0 Å². The van der Waals surface area contributed by atoms with E-state index in [0.29, 0.717) is 31.6 Å². The Morgan fingerprint density at radius 2 is 1.62 bits per heavy atom. The summed E-state index contributed by atoms with van der Waals surface area (Å²) in [5.41, 5.74) is 0.637. The number of benzene rings is 1. The first-order valence-electron chi connectivity index (χ1n) is 8.42. The van der Waals surface area contributed by atoms with Crippen LogP contribution in [0.3, 0.4) is 0 Å². The molecule has 0 bridgehead atoms. The monoisotopic (exact) mass is 330 g/mol. The molecule has 2 amide bonds. The fourth-order valence-corrected chi connectivity index (χ4v) is 3.55. The van der Waals surface area contributed by atoms with Gasteiger partial charge in [-0.2, -0.15) is 0 Å². The minimum Gasteiger partial charge on any atom is -0.481 e. The van der Waals surface area contributed by atoms with Crippen molar-refractivity contribution in [2.75, 3.05) is 26.2 Å². The lowest BCUT2D eigenvalue weighted by molar-refractivity contribution is -0.141. The topological polar surface area (TPSA) is 77.9 Å². The number of likely N-dealkylation sites (tertiary alicyclic amines) is 2. The number of piperidine rings is 1. The molecule has 2 aliphatic heterocycles. The van der Waals surface area contributed by atoms with Gasteiger partial charge in [-0.25, -0.2) is 0 Å². The van der Waals surface area contributed by atoms with Gasteiger partial charge in [-0.15, -0.1) is 0 Å². The van der Waals surface area contributed by atoms with E-state index in [1.165, 1.54) is 0 Å². The molecule has 0 radical (unpaired) electrons. The van der Waals surface area contributed by atoms with Gasteiger partial charge in [0.2, 0.25) is 5.91 Å². The quantitative estimate of drug-likeness (QED) is 0.910. The van der Waals surface area contributed by atoms with Crippen molar-refractivity contribution >= 4 is 17.8 Å². The van der Waals surface area contributed by atoms with Crippen molar-refractivity contribution in [2.24, 2.45) is 11.8 Å². The third-order valence-electron chi connectivity index (χ3n) is 4.93. The Morgan fingerprint density at radius 1 is 0.917 bits per heavy atom. The number of hydrogen-bond acceptors (Lipinski definition) is 3. The lowest BCUT2D eigenvalue weighted by atomic mass is 9.96. The van der Waals surface area contributed by atoms with Gasteiger partial charge >= 0.3 is 5.97 Å². The molecule has 2 heterocycles. The SMILES string of the molecule is O=C(O)C1CCN(C(=O)C2CCCN(C(=O)c3ccccc3)C2)C1. The first kappa shape index (κ1) is 16.5. The zero-order valence-corrected chi connectivity index (χ0v) is 13.6. The zero-order chi connectivity index (χ0) is 17.1. The molecule has 3 rings (SSSR count). The minimum absolute atomic E-state index is 0.00990. The highest BCUT2D eigenvalue weighted by Crippen LogP contribution is 2.24. The maximum Gasteiger partial charge on any atom is 0.308 e. The molecular formula is C18H22N2O4. The Balaban J connectivity index is 1.62. The maximum atomic E-state index is 12.7. The third-order valence-corrected chi connectivity index (χ3v) is 4.93. The Labute approximate surface area is 141 Å². The predicted molar refractivity (Wildman–Crippen MR) is 87.4 cm³/mol. The third kappa shape index (κ3) is 3.42. The van der Waals surface area contributed by atoms with Gasteiger partial charge in [0.05, 0.1) is 11.8 Å². The summed E-state index contributed by atoms with van der Waals surface area (Å²) in [6.07, 6.45) is 2.07. The molecule has 6 nitrogen and oxygen atoms in total. The maximum absolute atomic E-state index is 12.7. The summed E-state index contributed by atoms with van der Waals surface area (Å²) in [5.74, 6) is -1.57. The molecule has 2 saturated heterocycles. The van der Waals surface area contributed by atoms with Gasteiger partial charge in [-0.3, -0.25) is 14.4 Å². The minimum atomic E-state index is -0.838. The average Bonchev–Trinajstić information content (AvgIpc) is 3.12. The van der Waals surface area contributed by atoms with Gasteiger partial charge in [-0.1, -0.05) is 18.2 Å². The Kier molecular flexibility index (Phi) is 4.83. The van der Waals surface area contributed by atoms with Crippen LogP contribution in [-0.4, -0.2) is 58.9 Å². The van der Waals surface area contributed by atoms with Crippen molar-refractivity contribution < 1.29 is 19.5 Å². The smallest absolute Gasteiger partial charge is 0.308 e. The summed E-state index contributed by atoms with van der Waals surface area (Å²) in [4.78, 5) is 39.7. The molecule has 128 valence electrons. The molecule has 0 aromatic heterocycles. The number of rotatable bonds is 3. The number of aliphatic carboxylic acids is 1. The molecule has 2 unspecified atom stereocenters. The molecule has 0 aliphatic carbocycles. The molecule has 0 saturated carbocycles. The van der Waals surface area contributed by atoms with Gasteiger partial charge < -0.3 is 14.9 Å². The number of carbonyl (C=O) groups excluding carboxylic acids is 2. The highest BCUT2D eigenvalue weighted by molar-refractivity contribution is 5.94.